The van der Waals surface area contributed by atoms with Gasteiger partial charge in [-0.3, -0.25) is 9.78 Å². The van der Waals surface area contributed by atoms with E-state index < -0.39 is 0 Å². The second-order valence-corrected chi connectivity index (χ2v) is 7.21. The highest BCUT2D eigenvalue weighted by atomic mass is 16.1. The number of aromatic nitrogens is 2. The molecule has 0 saturated carbocycles. The number of rotatable bonds is 6. The maximum atomic E-state index is 13.1. The molecule has 4 heteroatoms. The van der Waals surface area contributed by atoms with Crippen LogP contribution in [-0.2, 0) is 6.42 Å². The van der Waals surface area contributed by atoms with Crippen molar-refractivity contribution >= 4 is 16.8 Å². The fraction of sp³-hybridized carbons (Fsp3) is 0.160. The van der Waals surface area contributed by atoms with Gasteiger partial charge in [-0.05, 0) is 49.6 Å². The first kappa shape index (κ1) is 18.8. The Bertz CT molecular complexity index is 1110. The molecule has 1 N–H and O–H groups in total. The zero-order valence-electron chi connectivity index (χ0n) is 16.4. The quantitative estimate of drug-likeness (QED) is 0.509. The van der Waals surface area contributed by atoms with Gasteiger partial charge in [-0.15, -0.1) is 0 Å². The third-order valence-electron chi connectivity index (χ3n) is 5.00. The van der Waals surface area contributed by atoms with Gasteiger partial charge in [-0.25, -0.2) is 4.98 Å². The first-order chi connectivity index (χ1) is 14.2. The minimum absolute atomic E-state index is 0.0662. The van der Waals surface area contributed by atoms with Crippen LogP contribution in [0.1, 0.15) is 29.3 Å². The number of pyridine rings is 2. The normalized spacial score (nSPS) is 11.9. The summed E-state index contributed by atoms with van der Waals surface area (Å²) in [6, 6.07) is 23.8. The molecule has 0 unspecified atom stereocenters. The molecule has 0 aliphatic rings. The largest absolute Gasteiger partial charge is 0.350 e. The van der Waals surface area contributed by atoms with E-state index in [1.54, 1.807) is 12.4 Å². The van der Waals surface area contributed by atoms with Gasteiger partial charge in [0.25, 0.3) is 5.91 Å². The fourth-order valence-electron chi connectivity index (χ4n) is 3.43. The molecule has 144 valence electrons. The molecule has 4 aromatic rings. The van der Waals surface area contributed by atoms with Gasteiger partial charge in [0, 0.05) is 29.4 Å². The third-order valence-corrected chi connectivity index (χ3v) is 5.00. The molecule has 1 amide bonds. The van der Waals surface area contributed by atoms with Crippen molar-refractivity contribution in [3.05, 3.63) is 96.3 Å². The Kier molecular flexibility index (Phi) is 5.61. The Labute approximate surface area is 170 Å². The average molecular weight is 381 g/mol. The van der Waals surface area contributed by atoms with Gasteiger partial charge in [0.1, 0.15) is 0 Å². The van der Waals surface area contributed by atoms with Gasteiger partial charge in [0.2, 0.25) is 0 Å². The summed E-state index contributed by atoms with van der Waals surface area (Å²) in [5, 5.41) is 4.01. The molecule has 1 atom stereocenters. The Morgan fingerprint density at radius 1 is 1.00 bits per heavy atom. The van der Waals surface area contributed by atoms with Gasteiger partial charge in [-0.1, -0.05) is 48.5 Å². The number of hydrogen-bond acceptors (Lipinski definition) is 3. The SMILES string of the molecule is C[C@@H](CCc1ccccc1)NC(=O)c1cc(-c2cccnc2)nc2ccccc12. The number of para-hydroxylation sites is 1. The molecule has 29 heavy (non-hydrogen) atoms. The topological polar surface area (TPSA) is 54.9 Å². The summed E-state index contributed by atoms with van der Waals surface area (Å²) in [5.74, 6) is -0.0747. The molecule has 0 aliphatic heterocycles. The van der Waals surface area contributed by atoms with Crippen LogP contribution in [0, 0.1) is 0 Å². The van der Waals surface area contributed by atoms with Crippen LogP contribution in [0.5, 0.6) is 0 Å². The fourth-order valence-corrected chi connectivity index (χ4v) is 3.43. The van der Waals surface area contributed by atoms with E-state index in [0.29, 0.717) is 5.56 Å². The highest BCUT2D eigenvalue weighted by Gasteiger charge is 2.16. The van der Waals surface area contributed by atoms with E-state index in [-0.39, 0.29) is 11.9 Å². The van der Waals surface area contributed by atoms with E-state index >= 15 is 0 Å². The summed E-state index contributed by atoms with van der Waals surface area (Å²) in [4.78, 5) is 22.0. The van der Waals surface area contributed by atoms with Gasteiger partial charge in [0.05, 0.1) is 16.8 Å². The molecular weight excluding hydrogens is 358 g/mol. The number of fused-ring (bicyclic) bond motifs is 1. The molecule has 0 aliphatic carbocycles. The minimum Gasteiger partial charge on any atom is -0.350 e. The van der Waals surface area contributed by atoms with E-state index in [0.717, 1.165) is 35.0 Å². The van der Waals surface area contributed by atoms with E-state index in [1.807, 2.05) is 67.6 Å². The standard InChI is InChI=1S/C25H23N3O/c1-18(13-14-19-8-3-2-4-9-19)27-25(29)22-16-24(20-10-7-15-26-17-20)28-23-12-6-5-11-21(22)23/h2-12,15-18H,13-14H2,1H3,(H,27,29)/t18-/m0/s1. The molecule has 2 aromatic carbocycles. The lowest BCUT2D eigenvalue weighted by Gasteiger charge is -2.16. The number of benzene rings is 2. The molecule has 2 heterocycles. The van der Waals surface area contributed by atoms with Crippen molar-refractivity contribution < 1.29 is 4.79 Å². The van der Waals surface area contributed by atoms with Crippen molar-refractivity contribution in [3.63, 3.8) is 0 Å². The van der Waals surface area contributed by atoms with E-state index in [9.17, 15) is 4.79 Å². The summed E-state index contributed by atoms with van der Waals surface area (Å²) in [5.41, 5.74) is 4.36. The average Bonchev–Trinajstić information content (AvgIpc) is 2.78. The molecule has 0 bridgehead atoms. The number of carbonyl (C=O) groups excluding carboxylic acids is 1. The molecular formula is C25H23N3O. The van der Waals surface area contributed by atoms with Crippen LogP contribution in [0.3, 0.4) is 0 Å². The second kappa shape index (κ2) is 8.65. The minimum atomic E-state index is -0.0747. The van der Waals surface area contributed by atoms with E-state index in [4.69, 9.17) is 4.98 Å². The number of aryl methyl sites for hydroxylation is 1. The summed E-state index contributed by atoms with van der Waals surface area (Å²) >= 11 is 0. The predicted molar refractivity (Wildman–Crippen MR) is 117 cm³/mol. The second-order valence-electron chi connectivity index (χ2n) is 7.21. The monoisotopic (exact) mass is 381 g/mol. The van der Waals surface area contributed by atoms with Crippen molar-refractivity contribution in [1.29, 1.82) is 0 Å². The van der Waals surface area contributed by atoms with Crippen LogP contribution in [0.15, 0.2) is 85.2 Å². The molecule has 0 spiro atoms. The van der Waals surface area contributed by atoms with Crippen LogP contribution in [0.25, 0.3) is 22.2 Å². The van der Waals surface area contributed by atoms with Crippen LogP contribution in [-0.4, -0.2) is 21.9 Å². The number of carbonyl (C=O) groups is 1. The van der Waals surface area contributed by atoms with Crippen LogP contribution >= 0.6 is 0 Å². The lowest BCUT2D eigenvalue weighted by molar-refractivity contribution is 0.0940. The van der Waals surface area contributed by atoms with Crippen molar-refractivity contribution in [3.8, 4) is 11.3 Å². The lowest BCUT2D eigenvalue weighted by Crippen LogP contribution is -2.33. The van der Waals surface area contributed by atoms with Crippen molar-refractivity contribution in [1.82, 2.24) is 15.3 Å². The molecule has 0 fully saturated rings. The van der Waals surface area contributed by atoms with Gasteiger partial charge < -0.3 is 5.32 Å². The molecule has 0 radical (unpaired) electrons. The summed E-state index contributed by atoms with van der Waals surface area (Å²) in [7, 11) is 0. The molecule has 4 rings (SSSR count). The number of hydrogen-bond donors (Lipinski definition) is 1. The van der Waals surface area contributed by atoms with E-state index in [1.165, 1.54) is 5.56 Å². The van der Waals surface area contributed by atoms with Crippen LogP contribution in [0.4, 0.5) is 0 Å². The first-order valence-corrected chi connectivity index (χ1v) is 9.85. The molecule has 2 aromatic heterocycles. The molecule has 0 saturated heterocycles. The van der Waals surface area contributed by atoms with Crippen molar-refractivity contribution in [2.45, 2.75) is 25.8 Å². The number of nitrogens with one attached hydrogen (secondary N) is 1. The summed E-state index contributed by atoms with van der Waals surface area (Å²) in [6.45, 7) is 2.05. The van der Waals surface area contributed by atoms with Crippen molar-refractivity contribution in [2.24, 2.45) is 0 Å². The van der Waals surface area contributed by atoms with Crippen molar-refractivity contribution in [2.75, 3.05) is 0 Å². The van der Waals surface area contributed by atoms with Crippen LogP contribution in [0.2, 0.25) is 0 Å². The van der Waals surface area contributed by atoms with Gasteiger partial charge in [0.15, 0.2) is 0 Å². The van der Waals surface area contributed by atoms with Gasteiger partial charge in [-0.2, -0.15) is 0 Å². The maximum Gasteiger partial charge on any atom is 0.252 e. The predicted octanol–water partition coefficient (Wildman–Crippen LogP) is 5.05. The highest BCUT2D eigenvalue weighted by Crippen LogP contribution is 2.24. The van der Waals surface area contributed by atoms with Gasteiger partial charge >= 0.3 is 0 Å². The Morgan fingerprint density at radius 3 is 2.59 bits per heavy atom. The smallest absolute Gasteiger partial charge is 0.252 e. The zero-order valence-corrected chi connectivity index (χ0v) is 16.4. The number of amides is 1. The summed E-state index contributed by atoms with van der Waals surface area (Å²) in [6.07, 6.45) is 5.31. The van der Waals surface area contributed by atoms with Crippen LogP contribution < -0.4 is 5.32 Å². The maximum absolute atomic E-state index is 13.1. The Hall–Kier alpha value is -3.53. The lowest BCUT2D eigenvalue weighted by atomic mass is 10.0. The zero-order chi connectivity index (χ0) is 20.1. The molecule has 4 nitrogen and oxygen atoms in total. The Morgan fingerprint density at radius 2 is 1.79 bits per heavy atom. The summed E-state index contributed by atoms with van der Waals surface area (Å²) < 4.78 is 0. The first-order valence-electron chi connectivity index (χ1n) is 9.85. The highest BCUT2D eigenvalue weighted by molar-refractivity contribution is 6.07. The Balaban J connectivity index is 1.58. The third kappa shape index (κ3) is 4.49. The number of nitrogens with zero attached hydrogens (tertiary/aromatic N) is 2. The van der Waals surface area contributed by atoms with E-state index in [2.05, 4.69) is 22.4 Å².